The van der Waals surface area contributed by atoms with Gasteiger partial charge in [0.1, 0.15) is 12.2 Å². The number of esters is 2. The van der Waals surface area contributed by atoms with Crippen LogP contribution in [0, 0.1) is 11.8 Å². The molecule has 0 heterocycles. The second kappa shape index (κ2) is 17.2. The summed E-state index contributed by atoms with van der Waals surface area (Å²) < 4.78 is 14.8. The van der Waals surface area contributed by atoms with Crippen LogP contribution in [0.4, 0.5) is 0 Å². The van der Waals surface area contributed by atoms with Crippen LogP contribution in [-0.4, -0.2) is 49.3 Å². The minimum absolute atomic E-state index is 0.128. The van der Waals surface area contributed by atoms with E-state index in [-0.39, 0.29) is 24.0 Å². The van der Waals surface area contributed by atoms with Crippen molar-refractivity contribution in [3.8, 4) is 0 Å². The van der Waals surface area contributed by atoms with E-state index in [1.54, 1.807) is 0 Å². The van der Waals surface area contributed by atoms with Crippen molar-refractivity contribution in [3.63, 3.8) is 0 Å². The summed E-state index contributed by atoms with van der Waals surface area (Å²) in [4.78, 5) is 32.6. The van der Waals surface area contributed by atoms with Crippen molar-refractivity contribution in [2.75, 3.05) is 31.6 Å². The van der Waals surface area contributed by atoms with Crippen LogP contribution < -0.4 is 0 Å². The van der Waals surface area contributed by atoms with Gasteiger partial charge in [-0.2, -0.15) is 0 Å². The average molecular weight is 413 g/mol. The second-order valence-corrected chi connectivity index (χ2v) is 6.66. The molecule has 0 aromatic rings. The third-order valence-corrected chi connectivity index (χ3v) is 2.93. The first-order valence-corrected chi connectivity index (χ1v) is 9.52. The number of rotatable bonds is 11. The first kappa shape index (κ1) is 27.0. The number of Topliss-reactive ketones (excluding diaryl/α,β-unsaturated/α-hetero) is 1. The molecule has 0 fully saturated rings. The minimum Gasteiger partial charge on any atom is -0.497 e. The van der Waals surface area contributed by atoms with Gasteiger partial charge in [0, 0.05) is 0 Å². The lowest BCUT2D eigenvalue weighted by Gasteiger charge is -2.06. The average Bonchev–Trinajstić information content (AvgIpc) is 2.58. The van der Waals surface area contributed by atoms with Gasteiger partial charge in [-0.15, -0.1) is 23.2 Å². The van der Waals surface area contributed by atoms with Gasteiger partial charge in [0.25, 0.3) is 0 Å². The van der Waals surface area contributed by atoms with Crippen molar-refractivity contribution in [2.24, 2.45) is 11.8 Å². The molecule has 0 unspecified atom stereocenters. The van der Waals surface area contributed by atoms with Gasteiger partial charge in [0.05, 0.1) is 37.7 Å². The van der Waals surface area contributed by atoms with E-state index in [9.17, 15) is 14.4 Å². The Morgan fingerprint density at radius 2 is 1.42 bits per heavy atom. The summed E-state index contributed by atoms with van der Waals surface area (Å²) in [6.07, 6.45) is 1.08. The molecule has 0 N–H and O–H groups in total. The lowest BCUT2D eigenvalue weighted by Crippen LogP contribution is -2.14. The molecule has 0 aromatic carbocycles. The molecule has 0 aliphatic carbocycles. The number of allylic oxidation sites excluding steroid dienone is 1. The molecule has 0 spiro atoms. The normalized spacial score (nSPS) is 10.9. The SMILES string of the molecule is CC(C)COC(=O)CC(=O)CCl.CCO/C(=C/C(=O)OCC(C)C)CCl. The summed E-state index contributed by atoms with van der Waals surface area (Å²) in [6.45, 7) is 10.9. The van der Waals surface area contributed by atoms with Crippen molar-refractivity contribution >= 4 is 40.9 Å². The van der Waals surface area contributed by atoms with Crippen molar-refractivity contribution in [2.45, 2.75) is 41.0 Å². The van der Waals surface area contributed by atoms with Crippen molar-refractivity contribution in [1.82, 2.24) is 0 Å². The molecule has 0 radical (unpaired) electrons. The molecule has 8 heteroatoms. The number of carbonyl (C=O) groups is 3. The van der Waals surface area contributed by atoms with Crippen LogP contribution in [0.25, 0.3) is 0 Å². The van der Waals surface area contributed by atoms with E-state index >= 15 is 0 Å². The highest BCUT2D eigenvalue weighted by Gasteiger charge is 2.09. The molecule has 0 aliphatic heterocycles. The quantitative estimate of drug-likeness (QED) is 0.169. The maximum atomic E-state index is 11.2. The molecule has 0 atom stereocenters. The fraction of sp³-hybridized carbons (Fsp3) is 0.722. The van der Waals surface area contributed by atoms with Crippen molar-refractivity contribution in [3.05, 3.63) is 11.8 Å². The minimum atomic E-state index is -0.491. The van der Waals surface area contributed by atoms with Gasteiger partial charge in [0.2, 0.25) is 0 Å². The smallest absolute Gasteiger partial charge is 0.334 e. The van der Waals surface area contributed by atoms with Crippen LogP contribution in [0.15, 0.2) is 11.8 Å². The van der Waals surface area contributed by atoms with Gasteiger partial charge in [0.15, 0.2) is 5.78 Å². The van der Waals surface area contributed by atoms with E-state index in [0.29, 0.717) is 37.4 Å². The largest absolute Gasteiger partial charge is 0.497 e. The molecule has 0 aromatic heterocycles. The predicted molar refractivity (Wildman–Crippen MR) is 102 cm³/mol. The van der Waals surface area contributed by atoms with E-state index in [4.69, 9.17) is 37.4 Å². The summed E-state index contributed by atoms with van der Waals surface area (Å²) in [7, 11) is 0. The van der Waals surface area contributed by atoms with E-state index in [0.717, 1.165) is 0 Å². The van der Waals surface area contributed by atoms with Gasteiger partial charge in [-0.05, 0) is 18.8 Å². The third-order valence-electron chi connectivity index (χ3n) is 2.37. The van der Waals surface area contributed by atoms with Crippen LogP contribution in [-0.2, 0) is 28.6 Å². The van der Waals surface area contributed by atoms with Crippen LogP contribution in [0.1, 0.15) is 41.0 Å². The molecule has 0 aliphatic rings. The highest BCUT2D eigenvalue weighted by Crippen LogP contribution is 2.02. The van der Waals surface area contributed by atoms with Gasteiger partial charge in [-0.25, -0.2) is 4.79 Å². The molecular formula is C18H30Cl2O6. The predicted octanol–water partition coefficient (Wildman–Crippen LogP) is 3.73. The lowest BCUT2D eigenvalue weighted by molar-refractivity contribution is -0.146. The molecular weight excluding hydrogens is 383 g/mol. The molecule has 0 saturated heterocycles. The Labute approximate surface area is 166 Å². The van der Waals surface area contributed by atoms with E-state index < -0.39 is 11.9 Å². The fourth-order valence-corrected chi connectivity index (χ4v) is 1.49. The molecule has 0 bridgehead atoms. The number of halogens is 2. The molecule has 0 rings (SSSR count). The van der Waals surface area contributed by atoms with Gasteiger partial charge >= 0.3 is 11.9 Å². The number of ketones is 1. The number of carbonyl (C=O) groups excluding carboxylic acids is 3. The number of hydrogen-bond acceptors (Lipinski definition) is 6. The van der Waals surface area contributed by atoms with Crippen LogP contribution in [0.5, 0.6) is 0 Å². The Kier molecular flexibility index (Phi) is 17.8. The second-order valence-electron chi connectivity index (χ2n) is 6.13. The number of ether oxygens (including phenoxy) is 3. The Balaban J connectivity index is 0. The zero-order valence-electron chi connectivity index (χ0n) is 16.2. The van der Waals surface area contributed by atoms with Gasteiger partial charge < -0.3 is 14.2 Å². The van der Waals surface area contributed by atoms with E-state index in [1.165, 1.54) is 6.08 Å². The van der Waals surface area contributed by atoms with Crippen molar-refractivity contribution < 1.29 is 28.6 Å². The van der Waals surface area contributed by atoms with Gasteiger partial charge in [-0.3, -0.25) is 9.59 Å². The molecule has 26 heavy (non-hydrogen) atoms. The van der Waals surface area contributed by atoms with Crippen LogP contribution >= 0.6 is 23.2 Å². The van der Waals surface area contributed by atoms with E-state index in [2.05, 4.69) is 0 Å². The Morgan fingerprint density at radius 1 is 0.885 bits per heavy atom. The summed E-state index contributed by atoms with van der Waals surface area (Å²) in [6, 6.07) is 0. The van der Waals surface area contributed by atoms with Crippen molar-refractivity contribution in [1.29, 1.82) is 0 Å². The zero-order chi connectivity index (χ0) is 20.5. The van der Waals surface area contributed by atoms with Crippen LogP contribution in [0.3, 0.4) is 0 Å². The zero-order valence-corrected chi connectivity index (χ0v) is 17.7. The third kappa shape index (κ3) is 19.1. The maximum Gasteiger partial charge on any atom is 0.334 e. The standard InChI is InChI=1S/C10H17ClO3.C8H13ClO3/c1-4-13-9(6-11)5-10(12)14-7-8(2)3;1-6(2)5-12-8(11)3-7(10)4-9/h5,8H,4,6-7H2,1-3H3;6H,3-5H2,1-2H3/b9-5+;. The van der Waals surface area contributed by atoms with Gasteiger partial charge in [-0.1, -0.05) is 27.7 Å². The Morgan fingerprint density at radius 3 is 1.85 bits per heavy atom. The topological polar surface area (TPSA) is 78.9 Å². The summed E-state index contributed by atoms with van der Waals surface area (Å²) in [5, 5.41) is 0. The molecule has 152 valence electrons. The fourth-order valence-electron chi connectivity index (χ4n) is 1.25. The maximum absolute atomic E-state index is 11.2. The summed E-state index contributed by atoms with van der Waals surface area (Å²) >= 11 is 10.8. The number of alkyl halides is 2. The molecule has 0 saturated carbocycles. The highest BCUT2D eigenvalue weighted by molar-refractivity contribution is 6.28. The Bertz CT molecular complexity index is 447. The number of hydrogen-bond donors (Lipinski definition) is 0. The monoisotopic (exact) mass is 412 g/mol. The summed E-state index contributed by atoms with van der Waals surface area (Å²) in [5.74, 6) is -0.0639. The van der Waals surface area contributed by atoms with Crippen LogP contribution in [0.2, 0.25) is 0 Å². The first-order chi connectivity index (χ1) is 12.2. The lowest BCUT2D eigenvalue weighted by atomic mass is 10.2. The molecule has 6 nitrogen and oxygen atoms in total. The Hall–Kier alpha value is -1.27. The van der Waals surface area contributed by atoms with E-state index in [1.807, 2.05) is 34.6 Å². The molecule has 0 amide bonds. The first-order valence-electron chi connectivity index (χ1n) is 8.45. The summed E-state index contributed by atoms with van der Waals surface area (Å²) in [5.41, 5.74) is 0. The highest BCUT2D eigenvalue weighted by atomic mass is 35.5.